The van der Waals surface area contributed by atoms with Gasteiger partial charge in [-0.2, -0.15) is 4.98 Å². The van der Waals surface area contributed by atoms with E-state index in [1.165, 1.54) is 0 Å². The Morgan fingerprint density at radius 3 is 2.50 bits per heavy atom. The van der Waals surface area contributed by atoms with Gasteiger partial charge in [0.2, 0.25) is 11.7 Å². The fraction of sp³-hybridized carbons (Fsp3) is 0.429. The van der Waals surface area contributed by atoms with Gasteiger partial charge in [0, 0.05) is 5.56 Å². The lowest BCUT2D eigenvalue weighted by molar-refractivity contribution is 0.377. The van der Waals surface area contributed by atoms with Crippen LogP contribution in [0, 0.1) is 0 Å². The zero-order valence-corrected chi connectivity index (χ0v) is 12.1. The molecular weight excluding hydrogens is 258 g/mol. The summed E-state index contributed by atoms with van der Waals surface area (Å²) in [6, 6.07) is 3.74. The average Bonchev–Trinajstić information content (AvgIpc) is 2.94. The fourth-order valence-electron chi connectivity index (χ4n) is 2.15. The van der Waals surface area contributed by atoms with E-state index in [4.69, 9.17) is 19.7 Å². The molecule has 0 radical (unpaired) electrons. The van der Waals surface area contributed by atoms with Gasteiger partial charge in [0.1, 0.15) is 11.5 Å². The van der Waals surface area contributed by atoms with Crippen molar-refractivity contribution in [2.24, 2.45) is 5.73 Å². The largest absolute Gasteiger partial charge is 0.496 e. The second-order valence-corrected chi connectivity index (χ2v) is 4.63. The average molecular weight is 277 g/mol. The van der Waals surface area contributed by atoms with Crippen LogP contribution in [-0.4, -0.2) is 24.4 Å². The van der Waals surface area contributed by atoms with E-state index in [0.717, 1.165) is 16.9 Å². The summed E-state index contributed by atoms with van der Waals surface area (Å²) in [5, 5.41) is 3.93. The van der Waals surface area contributed by atoms with Crippen LogP contribution >= 0.6 is 0 Å². The molecule has 0 fully saturated rings. The van der Waals surface area contributed by atoms with Gasteiger partial charge in [0.25, 0.3) is 0 Å². The van der Waals surface area contributed by atoms with Gasteiger partial charge in [-0.05, 0) is 18.1 Å². The highest BCUT2D eigenvalue weighted by Crippen LogP contribution is 2.41. The highest BCUT2D eigenvalue weighted by atomic mass is 16.5. The molecule has 1 heterocycles. The summed E-state index contributed by atoms with van der Waals surface area (Å²) < 4.78 is 16.0. The van der Waals surface area contributed by atoms with Gasteiger partial charge in [-0.1, -0.05) is 19.0 Å². The Morgan fingerprint density at radius 2 is 2.00 bits per heavy atom. The summed E-state index contributed by atoms with van der Waals surface area (Å²) in [4.78, 5) is 4.24. The first-order chi connectivity index (χ1) is 9.62. The Balaban J connectivity index is 2.61. The van der Waals surface area contributed by atoms with Crippen molar-refractivity contribution >= 4 is 0 Å². The highest BCUT2D eigenvalue weighted by Gasteiger charge is 2.21. The van der Waals surface area contributed by atoms with Crippen LogP contribution < -0.4 is 15.2 Å². The molecule has 108 valence electrons. The smallest absolute Gasteiger partial charge is 0.240 e. The van der Waals surface area contributed by atoms with Crippen LogP contribution in [-0.2, 0) is 6.54 Å². The number of nitrogens with zero attached hydrogens (tertiary/aromatic N) is 2. The Labute approximate surface area is 117 Å². The molecule has 0 bridgehead atoms. The predicted octanol–water partition coefficient (Wildman–Crippen LogP) is 2.34. The SMILES string of the molecule is COc1ccc(-c2noc(CN)n2)c(OC)c1C(C)C. The summed E-state index contributed by atoms with van der Waals surface area (Å²) in [5.74, 6) is 2.57. The highest BCUT2D eigenvalue weighted by molar-refractivity contribution is 5.69. The number of ether oxygens (including phenoxy) is 2. The second-order valence-electron chi connectivity index (χ2n) is 4.63. The third-order valence-corrected chi connectivity index (χ3v) is 3.04. The maximum atomic E-state index is 5.54. The molecule has 0 amide bonds. The standard InChI is InChI=1S/C14H19N3O3/c1-8(2)12-10(18-3)6-5-9(13(12)19-4)14-16-11(7-15)20-17-14/h5-6,8H,7,15H2,1-4H3. The molecule has 0 atom stereocenters. The molecule has 1 aromatic heterocycles. The summed E-state index contributed by atoms with van der Waals surface area (Å²) in [6.45, 7) is 4.36. The van der Waals surface area contributed by atoms with Crippen LogP contribution in [0.3, 0.4) is 0 Å². The van der Waals surface area contributed by atoms with E-state index in [0.29, 0.717) is 17.5 Å². The Bertz CT molecular complexity index is 593. The molecule has 0 aliphatic rings. The van der Waals surface area contributed by atoms with E-state index in [2.05, 4.69) is 24.0 Å². The molecular formula is C14H19N3O3. The van der Waals surface area contributed by atoms with Crippen molar-refractivity contribution < 1.29 is 14.0 Å². The third-order valence-electron chi connectivity index (χ3n) is 3.04. The molecule has 0 saturated heterocycles. The van der Waals surface area contributed by atoms with Crippen LogP contribution in [0.2, 0.25) is 0 Å². The van der Waals surface area contributed by atoms with E-state index in [9.17, 15) is 0 Å². The number of hydrogen-bond acceptors (Lipinski definition) is 6. The molecule has 2 rings (SSSR count). The molecule has 0 saturated carbocycles. The van der Waals surface area contributed by atoms with Crippen molar-refractivity contribution in [1.82, 2.24) is 10.1 Å². The Hall–Kier alpha value is -2.08. The van der Waals surface area contributed by atoms with Crippen molar-refractivity contribution in [3.8, 4) is 22.9 Å². The number of aromatic nitrogens is 2. The first-order valence-corrected chi connectivity index (χ1v) is 6.40. The van der Waals surface area contributed by atoms with Gasteiger partial charge in [0.05, 0.1) is 26.3 Å². The molecule has 20 heavy (non-hydrogen) atoms. The zero-order chi connectivity index (χ0) is 14.7. The zero-order valence-electron chi connectivity index (χ0n) is 12.1. The minimum absolute atomic E-state index is 0.211. The van der Waals surface area contributed by atoms with Crippen LogP contribution in [0.25, 0.3) is 11.4 Å². The molecule has 2 N–H and O–H groups in total. The van der Waals surface area contributed by atoms with Crippen molar-refractivity contribution in [2.45, 2.75) is 26.3 Å². The lowest BCUT2D eigenvalue weighted by Gasteiger charge is -2.18. The van der Waals surface area contributed by atoms with Crippen molar-refractivity contribution in [2.75, 3.05) is 14.2 Å². The molecule has 6 nitrogen and oxygen atoms in total. The van der Waals surface area contributed by atoms with Gasteiger partial charge < -0.3 is 19.7 Å². The first kappa shape index (κ1) is 14.3. The van der Waals surface area contributed by atoms with Crippen LogP contribution in [0.4, 0.5) is 0 Å². The lowest BCUT2D eigenvalue weighted by atomic mass is 9.97. The van der Waals surface area contributed by atoms with Crippen molar-refractivity contribution in [3.63, 3.8) is 0 Å². The van der Waals surface area contributed by atoms with Crippen LogP contribution in [0.15, 0.2) is 16.7 Å². The number of nitrogens with two attached hydrogens (primary N) is 1. The lowest BCUT2D eigenvalue weighted by Crippen LogP contribution is -2.01. The molecule has 0 spiro atoms. The molecule has 0 unspecified atom stereocenters. The van der Waals surface area contributed by atoms with Crippen molar-refractivity contribution in [3.05, 3.63) is 23.6 Å². The third kappa shape index (κ3) is 2.46. The van der Waals surface area contributed by atoms with E-state index >= 15 is 0 Å². The number of benzene rings is 1. The minimum Gasteiger partial charge on any atom is -0.496 e. The van der Waals surface area contributed by atoms with Crippen LogP contribution in [0.1, 0.15) is 31.2 Å². The summed E-state index contributed by atoms with van der Waals surface area (Å²) in [6.07, 6.45) is 0. The maximum absolute atomic E-state index is 5.54. The molecule has 2 aromatic rings. The Morgan fingerprint density at radius 1 is 1.25 bits per heavy atom. The molecule has 0 aliphatic carbocycles. The number of methoxy groups -OCH3 is 2. The van der Waals surface area contributed by atoms with Gasteiger partial charge in [-0.15, -0.1) is 0 Å². The van der Waals surface area contributed by atoms with Gasteiger partial charge >= 0.3 is 0 Å². The monoisotopic (exact) mass is 277 g/mol. The van der Waals surface area contributed by atoms with E-state index < -0.39 is 0 Å². The summed E-state index contributed by atoms with van der Waals surface area (Å²) in [7, 11) is 3.26. The maximum Gasteiger partial charge on any atom is 0.240 e. The first-order valence-electron chi connectivity index (χ1n) is 6.40. The fourth-order valence-corrected chi connectivity index (χ4v) is 2.15. The summed E-state index contributed by atoms with van der Waals surface area (Å²) in [5.41, 5.74) is 7.23. The van der Waals surface area contributed by atoms with Gasteiger partial charge in [0.15, 0.2) is 0 Å². The second kappa shape index (κ2) is 5.92. The summed E-state index contributed by atoms with van der Waals surface area (Å²) >= 11 is 0. The van der Waals surface area contributed by atoms with Gasteiger partial charge in [-0.3, -0.25) is 0 Å². The van der Waals surface area contributed by atoms with Crippen molar-refractivity contribution in [1.29, 1.82) is 0 Å². The molecule has 0 aliphatic heterocycles. The number of rotatable bonds is 5. The predicted molar refractivity (Wildman–Crippen MR) is 74.8 cm³/mol. The quantitative estimate of drug-likeness (QED) is 0.903. The molecule has 6 heteroatoms. The van der Waals surface area contributed by atoms with Gasteiger partial charge in [-0.25, -0.2) is 0 Å². The van der Waals surface area contributed by atoms with Crippen LogP contribution in [0.5, 0.6) is 11.5 Å². The van der Waals surface area contributed by atoms with E-state index in [1.807, 2.05) is 12.1 Å². The van der Waals surface area contributed by atoms with E-state index in [1.54, 1.807) is 14.2 Å². The van der Waals surface area contributed by atoms with E-state index in [-0.39, 0.29) is 12.5 Å². The number of hydrogen-bond donors (Lipinski definition) is 1. The normalized spacial score (nSPS) is 10.9. The minimum atomic E-state index is 0.211. The topological polar surface area (TPSA) is 83.4 Å². The Kier molecular flexibility index (Phi) is 4.24. The molecule has 1 aromatic carbocycles.